The standard InChI is InChI=1S/C13H21N3O/c1-2-13(5-7-14-8-6-13)12-15-11(16-17-12)9-10-3-4-10/h10,14H,2-9H2,1H3. The number of nitrogens with one attached hydrogen (secondary N) is 1. The van der Waals surface area contributed by atoms with Crippen LogP contribution in [0.2, 0.25) is 0 Å². The van der Waals surface area contributed by atoms with E-state index >= 15 is 0 Å². The molecule has 1 aliphatic heterocycles. The molecule has 17 heavy (non-hydrogen) atoms. The summed E-state index contributed by atoms with van der Waals surface area (Å²) in [7, 11) is 0. The molecule has 0 aromatic carbocycles. The van der Waals surface area contributed by atoms with Gasteiger partial charge in [0, 0.05) is 6.42 Å². The van der Waals surface area contributed by atoms with Gasteiger partial charge in [0.05, 0.1) is 5.41 Å². The Kier molecular flexibility index (Phi) is 2.90. The normalized spacial score (nSPS) is 23.8. The van der Waals surface area contributed by atoms with E-state index in [9.17, 15) is 0 Å². The third-order valence-corrected chi connectivity index (χ3v) is 4.33. The quantitative estimate of drug-likeness (QED) is 0.867. The van der Waals surface area contributed by atoms with Crippen LogP contribution in [0.4, 0.5) is 0 Å². The molecule has 1 aliphatic carbocycles. The Balaban J connectivity index is 1.77. The molecule has 2 fully saturated rings. The van der Waals surface area contributed by atoms with E-state index in [0.29, 0.717) is 0 Å². The molecule has 0 amide bonds. The van der Waals surface area contributed by atoms with Crippen molar-refractivity contribution >= 4 is 0 Å². The van der Waals surface area contributed by atoms with Crippen LogP contribution in [-0.4, -0.2) is 23.2 Å². The van der Waals surface area contributed by atoms with E-state index < -0.39 is 0 Å². The predicted molar refractivity (Wildman–Crippen MR) is 64.8 cm³/mol. The average Bonchev–Trinajstić information content (AvgIpc) is 3.06. The molecule has 2 heterocycles. The molecular weight excluding hydrogens is 214 g/mol. The van der Waals surface area contributed by atoms with Crippen molar-refractivity contribution in [2.45, 2.75) is 50.9 Å². The monoisotopic (exact) mass is 235 g/mol. The van der Waals surface area contributed by atoms with Gasteiger partial charge >= 0.3 is 0 Å². The van der Waals surface area contributed by atoms with E-state index in [1.807, 2.05) is 0 Å². The van der Waals surface area contributed by atoms with Crippen molar-refractivity contribution in [3.63, 3.8) is 0 Å². The van der Waals surface area contributed by atoms with Crippen molar-refractivity contribution in [1.82, 2.24) is 15.5 Å². The number of nitrogens with zero attached hydrogens (tertiary/aromatic N) is 2. The third kappa shape index (κ3) is 2.23. The highest BCUT2D eigenvalue weighted by Gasteiger charge is 2.37. The van der Waals surface area contributed by atoms with E-state index in [1.54, 1.807) is 0 Å². The summed E-state index contributed by atoms with van der Waals surface area (Å²) in [4.78, 5) is 4.65. The summed E-state index contributed by atoms with van der Waals surface area (Å²) in [6, 6.07) is 0. The number of rotatable bonds is 4. The van der Waals surface area contributed by atoms with Gasteiger partial charge in [-0.25, -0.2) is 0 Å². The van der Waals surface area contributed by atoms with Gasteiger partial charge in [-0.15, -0.1) is 0 Å². The van der Waals surface area contributed by atoms with Crippen molar-refractivity contribution in [2.75, 3.05) is 13.1 Å². The molecular formula is C13H21N3O. The van der Waals surface area contributed by atoms with Crippen molar-refractivity contribution in [3.05, 3.63) is 11.7 Å². The number of piperidine rings is 1. The summed E-state index contributed by atoms with van der Waals surface area (Å²) in [5.41, 5.74) is 0.139. The number of hydrogen-bond donors (Lipinski definition) is 1. The van der Waals surface area contributed by atoms with Crippen molar-refractivity contribution < 1.29 is 4.52 Å². The molecule has 0 spiro atoms. The Morgan fingerprint density at radius 1 is 1.35 bits per heavy atom. The molecule has 3 rings (SSSR count). The van der Waals surface area contributed by atoms with Gasteiger partial charge in [0.1, 0.15) is 0 Å². The molecule has 0 atom stereocenters. The van der Waals surface area contributed by atoms with Crippen molar-refractivity contribution in [3.8, 4) is 0 Å². The fraction of sp³-hybridized carbons (Fsp3) is 0.846. The smallest absolute Gasteiger partial charge is 0.232 e. The highest BCUT2D eigenvalue weighted by molar-refractivity contribution is 5.08. The van der Waals surface area contributed by atoms with Crippen molar-refractivity contribution in [1.29, 1.82) is 0 Å². The summed E-state index contributed by atoms with van der Waals surface area (Å²) in [6.45, 7) is 4.36. The van der Waals surface area contributed by atoms with Crippen LogP contribution in [0.15, 0.2) is 4.52 Å². The zero-order valence-corrected chi connectivity index (χ0v) is 10.5. The van der Waals surface area contributed by atoms with Crippen LogP contribution in [-0.2, 0) is 11.8 Å². The van der Waals surface area contributed by atoms with Gasteiger partial charge in [-0.1, -0.05) is 12.1 Å². The van der Waals surface area contributed by atoms with Gasteiger partial charge in [-0.3, -0.25) is 0 Å². The van der Waals surface area contributed by atoms with Gasteiger partial charge < -0.3 is 9.84 Å². The first-order valence-corrected chi connectivity index (χ1v) is 6.86. The molecule has 94 valence electrons. The second kappa shape index (κ2) is 4.41. The van der Waals surface area contributed by atoms with Crippen LogP contribution < -0.4 is 5.32 Å². The second-order valence-electron chi connectivity index (χ2n) is 5.55. The van der Waals surface area contributed by atoms with Gasteiger partial charge in [0.25, 0.3) is 0 Å². The molecule has 4 heteroatoms. The van der Waals surface area contributed by atoms with Gasteiger partial charge in [0.2, 0.25) is 5.89 Å². The van der Waals surface area contributed by atoms with Crippen LogP contribution in [0, 0.1) is 5.92 Å². The van der Waals surface area contributed by atoms with Crippen LogP contribution in [0.3, 0.4) is 0 Å². The first-order chi connectivity index (χ1) is 8.32. The lowest BCUT2D eigenvalue weighted by Crippen LogP contribution is -2.39. The summed E-state index contributed by atoms with van der Waals surface area (Å²) in [6.07, 6.45) is 7.03. The molecule has 0 unspecified atom stereocenters. The maximum Gasteiger partial charge on any atom is 0.232 e. The van der Waals surface area contributed by atoms with Crippen LogP contribution in [0.1, 0.15) is 50.7 Å². The fourth-order valence-electron chi connectivity index (χ4n) is 2.76. The van der Waals surface area contributed by atoms with E-state index in [2.05, 4.69) is 22.4 Å². The molecule has 1 saturated carbocycles. The Morgan fingerprint density at radius 2 is 2.12 bits per heavy atom. The summed E-state index contributed by atoms with van der Waals surface area (Å²) in [5.74, 6) is 2.64. The van der Waals surface area contributed by atoms with E-state index in [0.717, 1.165) is 56.4 Å². The Labute approximate surface area is 102 Å². The molecule has 1 saturated heterocycles. The molecule has 1 aromatic heterocycles. The zero-order valence-electron chi connectivity index (χ0n) is 10.5. The minimum atomic E-state index is 0.139. The third-order valence-electron chi connectivity index (χ3n) is 4.33. The van der Waals surface area contributed by atoms with Crippen LogP contribution >= 0.6 is 0 Å². The van der Waals surface area contributed by atoms with Crippen LogP contribution in [0.5, 0.6) is 0 Å². The lowest BCUT2D eigenvalue weighted by Gasteiger charge is -2.33. The van der Waals surface area contributed by atoms with Gasteiger partial charge in [-0.05, 0) is 51.1 Å². The minimum Gasteiger partial charge on any atom is -0.339 e. The molecule has 4 nitrogen and oxygen atoms in total. The molecule has 2 aliphatic rings. The SMILES string of the molecule is CCC1(c2nc(CC3CC3)no2)CCNCC1. The maximum atomic E-state index is 5.54. The summed E-state index contributed by atoms with van der Waals surface area (Å²) < 4.78 is 5.54. The van der Waals surface area contributed by atoms with E-state index in [4.69, 9.17) is 4.52 Å². The predicted octanol–water partition coefficient (Wildman–Crippen LogP) is 2.05. The second-order valence-corrected chi connectivity index (χ2v) is 5.55. The zero-order chi connectivity index (χ0) is 11.7. The first kappa shape index (κ1) is 11.2. The van der Waals surface area contributed by atoms with Crippen molar-refractivity contribution in [2.24, 2.45) is 5.92 Å². The van der Waals surface area contributed by atoms with E-state index in [-0.39, 0.29) is 5.41 Å². The van der Waals surface area contributed by atoms with Gasteiger partial charge in [-0.2, -0.15) is 4.98 Å². The molecule has 0 bridgehead atoms. The highest BCUT2D eigenvalue weighted by atomic mass is 16.5. The number of aromatic nitrogens is 2. The summed E-state index contributed by atoms with van der Waals surface area (Å²) in [5, 5.41) is 7.56. The van der Waals surface area contributed by atoms with Crippen LogP contribution in [0.25, 0.3) is 0 Å². The largest absolute Gasteiger partial charge is 0.339 e. The minimum absolute atomic E-state index is 0.139. The summed E-state index contributed by atoms with van der Waals surface area (Å²) >= 11 is 0. The molecule has 0 radical (unpaired) electrons. The highest BCUT2D eigenvalue weighted by Crippen LogP contribution is 2.36. The van der Waals surface area contributed by atoms with Gasteiger partial charge in [0.15, 0.2) is 5.82 Å². The molecule has 1 aromatic rings. The topological polar surface area (TPSA) is 51.0 Å². The fourth-order valence-corrected chi connectivity index (χ4v) is 2.76. The molecule has 1 N–H and O–H groups in total. The Bertz CT molecular complexity index is 378. The number of hydrogen-bond acceptors (Lipinski definition) is 4. The Hall–Kier alpha value is -0.900. The Morgan fingerprint density at radius 3 is 2.76 bits per heavy atom. The van der Waals surface area contributed by atoms with E-state index in [1.165, 1.54) is 12.8 Å². The maximum absolute atomic E-state index is 5.54. The lowest BCUT2D eigenvalue weighted by molar-refractivity contribution is 0.216. The average molecular weight is 235 g/mol. The lowest BCUT2D eigenvalue weighted by atomic mass is 9.76. The first-order valence-electron chi connectivity index (χ1n) is 6.86.